The number of benzene rings is 1. The second kappa shape index (κ2) is 12.2. The topological polar surface area (TPSA) is 128 Å². The van der Waals surface area contributed by atoms with Gasteiger partial charge < -0.3 is 19.4 Å². The third kappa shape index (κ3) is 6.44. The van der Waals surface area contributed by atoms with E-state index in [-0.39, 0.29) is 29.4 Å². The molecule has 1 aliphatic heterocycles. The lowest BCUT2D eigenvalue weighted by molar-refractivity contribution is -0.402. The van der Waals surface area contributed by atoms with E-state index in [4.69, 9.17) is 14.1 Å². The number of para-hydroxylation sites is 1. The first kappa shape index (κ1) is 26.6. The normalized spacial score (nSPS) is 14.0. The molecule has 0 saturated carbocycles. The number of nitrogens with zero attached hydrogens (tertiary/aromatic N) is 3. The van der Waals surface area contributed by atoms with Gasteiger partial charge in [0.25, 0.3) is 5.91 Å². The maximum atomic E-state index is 13.2. The Labute approximate surface area is 220 Å². The van der Waals surface area contributed by atoms with Gasteiger partial charge in [0.1, 0.15) is 16.4 Å². The fourth-order valence-corrected chi connectivity index (χ4v) is 4.46. The molecule has 3 aromatic rings. The summed E-state index contributed by atoms with van der Waals surface area (Å²) < 4.78 is 10.7. The highest BCUT2D eigenvalue weighted by atomic mass is 16.6. The fraction of sp³-hybridized carbons (Fsp3) is 0.321. The van der Waals surface area contributed by atoms with Gasteiger partial charge in [-0.2, -0.15) is 0 Å². The minimum absolute atomic E-state index is 0.0344. The van der Waals surface area contributed by atoms with E-state index >= 15 is 0 Å². The average Bonchev–Trinajstić information content (AvgIpc) is 3.41. The third-order valence-electron chi connectivity index (χ3n) is 6.40. The van der Waals surface area contributed by atoms with Crippen LogP contribution >= 0.6 is 0 Å². The van der Waals surface area contributed by atoms with Crippen molar-refractivity contribution in [3.8, 4) is 5.75 Å². The van der Waals surface area contributed by atoms with Crippen LogP contribution in [0.2, 0.25) is 0 Å². The van der Waals surface area contributed by atoms with Crippen molar-refractivity contribution >= 4 is 23.8 Å². The molecule has 0 bridgehead atoms. The fourth-order valence-electron chi connectivity index (χ4n) is 4.46. The average molecular weight is 519 g/mol. The number of rotatable bonds is 9. The first-order valence-electron chi connectivity index (χ1n) is 12.5. The lowest BCUT2D eigenvalue weighted by Crippen LogP contribution is -2.37. The summed E-state index contributed by atoms with van der Waals surface area (Å²) in [6, 6.07) is 13.9. The van der Waals surface area contributed by atoms with Gasteiger partial charge in [0.05, 0.1) is 23.9 Å². The molecule has 0 radical (unpaired) electrons. The summed E-state index contributed by atoms with van der Waals surface area (Å²) >= 11 is 0. The predicted octanol–water partition coefficient (Wildman–Crippen LogP) is 4.64. The van der Waals surface area contributed by atoms with Crippen LogP contribution in [0.1, 0.15) is 58.8 Å². The van der Waals surface area contributed by atoms with Crippen molar-refractivity contribution in [2.24, 2.45) is 0 Å². The summed E-state index contributed by atoms with van der Waals surface area (Å²) in [6.07, 6.45) is 4.11. The van der Waals surface area contributed by atoms with Crippen molar-refractivity contribution in [2.75, 3.05) is 19.7 Å². The predicted molar refractivity (Wildman–Crippen MR) is 141 cm³/mol. The summed E-state index contributed by atoms with van der Waals surface area (Å²) in [7, 11) is 0. The van der Waals surface area contributed by atoms with E-state index in [0.717, 1.165) is 22.7 Å². The van der Waals surface area contributed by atoms with Gasteiger partial charge in [-0.3, -0.25) is 24.7 Å². The van der Waals surface area contributed by atoms with Crippen molar-refractivity contribution in [3.05, 3.63) is 93.0 Å². The number of hydrogen-bond acceptors (Lipinski definition) is 7. The molecule has 198 valence electrons. The van der Waals surface area contributed by atoms with Gasteiger partial charge in [-0.25, -0.2) is 0 Å². The molecule has 1 fully saturated rings. The molecule has 10 heteroatoms. The zero-order valence-corrected chi connectivity index (χ0v) is 21.4. The summed E-state index contributed by atoms with van der Waals surface area (Å²) in [6.45, 7) is 5.70. The van der Waals surface area contributed by atoms with Crippen LogP contribution in [0.15, 0.2) is 59.0 Å². The van der Waals surface area contributed by atoms with Crippen LogP contribution in [0.4, 0.5) is 5.88 Å². The molecule has 0 aliphatic carbocycles. The molecular weight excluding hydrogens is 488 g/mol. The van der Waals surface area contributed by atoms with E-state index < -0.39 is 4.92 Å². The second-order valence-corrected chi connectivity index (χ2v) is 8.97. The smallest absolute Gasteiger partial charge is 0.433 e. The minimum Gasteiger partial charge on any atom is -0.494 e. The van der Waals surface area contributed by atoms with E-state index in [1.54, 1.807) is 4.90 Å². The van der Waals surface area contributed by atoms with E-state index in [0.29, 0.717) is 44.6 Å². The molecule has 38 heavy (non-hydrogen) atoms. The number of carbonyl (C=O) groups excluding carboxylic acids is 2. The van der Waals surface area contributed by atoms with Crippen LogP contribution in [0, 0.1) is 17.0 Å². The van der Waals surface area contributed by atoms with Crippen molar-refractivity contribution in [1.29, 1.82) is 0 Å². The second-order valence-electron chi connectivity index (χ2n) is 8.97. The molecule has 0 spiro atoms. The van der Waals surface area contributed by atoms with Crippen LogP contribution in [-0.2, 0) is 11.3 Å². The number of aryl methyl sites for hydroxylation is 1. The number of aromatic nitrogens is 1. The van der Waals surface area contributed by atoms with Gasteiger partial charge in [-0.05, 0) is 57.0 Å². The maximum absolute atomic E-state index is 13.2. The molecule has 1 aliphatic rings. The molecule has 2 amide bonds. The van der Waals surface area contributed by atoms with Gasteiger partial charge in [0.2, 0.25) is 5.91 Å². The van der Waals surface area contributed by atoms with Gasteiger partial charge in [0.15, 0.2) is 0 Å². The van der Waals surface area contributed by atoms with Gasteiger partial charge >= 0.3 is 5.88 Å². The quantitative estimate of drug-likeness (QED) is 0.248. The summed E-state index contributed by atoms with van der Waals surface area (Å²) in [5, 5.41) is 13.7. The Bertz CT molecular complexity index is 1340. The summed E-state index contributed by atoms with van der Waals surface area (Å²) in [5.41, 5.74) is 3.00. The molecule has 1 saturated heterocycles. The third-order valence-corrected chi connectivity index (χ3v) is 6.40. The molecule has 1 N–H and O–H groups in total. The highest BCUT2D eigenvalue weighted by Gasteiger charge is 2.27. The van der Waals surface area contributed by atoms with Gasteiger partial charge in [-0.15, -0.1) is 0 Å². The Kier molecular flexibility index (Phi) is 8.52. The van der Waals surface area contributed by atoms with Crippen LogP contribution in [0.3, 0.4) is 0 Å². The molecule has 1 aromatic carbocycles. The number of likely N-dealkylation sites (tertiary alicyclic amines) is 1. The van der Waals surface area contributed by atoms with Gasteiger partial charge in [-0.1, -0.05) is 18.2 Å². The monoisotopic (exact) mass is 518 g/mol. The van der Waals surface area contributed by atoms with E-state index in [2.05, 4.69) is 5.32 Å². The first-order chi connectivity index (χ1) is 18.4. The highest BCUT2D eigenvalue weighted by molar-refractivity contribution is 5.95. The zero-order valence-electron chi connectivity index (χ0n) is 21.4. The minimum atomic E-state index is -0.627. The number of piperidine rings is 1. The van der Waals surface area contributed by atoms with E-state index in [1.807, 2.05) is 50.2 Å². The number of hydrogen-bond donors (Lipinski definition) is 1. The number of nitro groups is 1. The standard InChI is InChI=1S/C28H30N4O6/c1-3-37-24-7-5-4-6-21(24)18-29-28(34)23-11-8-19(2)30-27(23)20-14-16-31(17-15-20)25(33)12-9-22-10-13-26(38-22)32(35)36/h4-13,20H,3,14-18H2,1-2H3,(H,29,34). The Balaban J connectivity index is 1.39. The maximum Gasteiger partial charge on any atom is 0.433 e. The molecule has 10 nitrogen and oxygen atoms in total. The summed E-state index contributed by atoms with van der Waals surface area (Å²) in [4.78, 5) is 42.4. The lowest BCUT2D eigenvalue weighted by atomic mass is 9.89. The zero-order chi connectivity index (χ0) is 27.1. The molecular formula is C28H30N4O6. The Morgan fingerprint density at radius 1 is 1.18 bits per heavy atom. The Morgan fingerprint density at radius 3 is 2.66 bits per heavy atom. The van der Waals surface area contributed by atoms with Crippen LogP contribution in [0.25, 0.3) is 6.08 Å². The van der Waals surface area contributed by atoms with Crippen molar-refractivity contribution in [2.45, 2.75) is 39.2 Å². The van der Waals surface area contributed by atoms with Crippen LogP contribution in [-0.4, -0.2) is 46.3 Å². The molecule has 4 rings (SSSR count). The Hall–Kier alpha value is -4.47. The van der Waals surface area contributed by atoms with Gasteiger partial charge in [0, 0.05) is 42.9 Å². The van der Waals surface area contributed by atoms with E-state index in [9.17, 15) is 19.7 Å². The van der Waals surface area contributed by atoms with Crippen LogP contribution in [0.5, 0.6) is 5.75 Å². The molecule has 0 atom stereocenters. The first-order valence-corrected chi connectivity index (χ1v) is 12.5. The van der Waals surface area contributed by atoms with Crippen molar-refractivity contribution in [3.63, 3.8) is 0 Å². The number of amides is 2. The number of nitrogens with one attached hydrogen (secondary N) is 1. The van der Waals surface area contributed by atoms with Crippen molar-refractivity contribution < 1.29 is 23.7 Å². The number of pyridine rings is 1. The molecule has 0 unspecified atom stereocenters. The highest BCUT2D eigenvalue weighted by Crippen LogP contribution is 2.30. The summed E-state index contributed by atoms with van der Waals surface area (Å²) in [5.74, 6) is 0.241. The number of carbonyl (C=O) groups is 2. The molecule has 3 heterocycles. The van der Waals surface area contributed by atoms with E-state index in [1.165, 1.54) is 24.3 Å². The SMILES string of the molecule is CCOc1ccccc1CNC(=O)c1ccc(C)nc1C1CCN(C(=O)C=Cc2ccc([N+](=O)[O-])o2)CC1. The lowest BCUT2D eigenvalue weighted by Gasteiger charge is -2.31. The largest absolute Gasteiger partial charge is 0.494 e. The number of furan rings is 1. The number of ether oxygens (including phenoxy) is 1. The van der Waals surface area contributed by atoms with Crippen molar-refractivity contribution in [1.82, 2.24) is 15.2 Å². The van der Waals surface area contributed by atoms with Crippen LogP contribution < -0.4 is 10.1 Å². The Morgan fingerprint density at radius 2 is 1.95 bits per heavy atom. The molecule has 2 aromatic heterocycles.